The van der Waals surface area contributed by atoms with Crippen LogP contribution in [0.25, 0.3) is 11.2 Å². The zero-order valence-corrected chi connectivity index (χ0v) is 10.1. The Hall–Kier alpha value is -1.76. The fraction of sp³-hybridized carbons (Fsp3) is 0.600. The summed E-state index contributed by atoms with van der Waals surface area (Å²) in [6, 6.07) is 0. The van der Waals surface area contributed by atoms with E-state index in [0.717, 1.165) is 43.2 Å². The van der Waals surface area contributed by atoms with Crippen LogP contribution in [0.2, 0.25) is 0 Å². The molecule has 1 saturated heterocycles. The van der Waals surface area contributed by atoms with E-state index in [1.54, 1.807) is 0 Å². The molecule has 7 nitrogen and oxygen atoms in total. The van der Waals surface area contributed by atoms with Crippen LogP contribution in [0.5, 0.6) is 0 Å². The molecule has 0 saturated carbocycles. The highest BCUT2D eigenvalue weighted by Crippen LogP contribution is 2.20. The number of hydrogen-bond acceptors (Lipinski definition) is 5. The molecule has 0 radical (unpaired) electrons. The first-order valence-corrected chi connectivity index (χ1v) is 5.69. The average molecular weight is 236 g/mol. The summed E-state index contributed by atoms with van der Waals surface area (Å²) < 4.78 is 9.11. The monoisotopic (exact) mass is 236 g/mol. The fourth-order valence-electron chi connectivity index (χ4n) is 2.31. The molecule has 0 aromatic carbocycles. The molecule has 0 aliphatic carbocycles. The first kappa shape index (κ1) is 10.4. The number of nitrogens with zero attached hydrogens (tertiary/aromatic N) is 5. The van der Waals surface area contributed by atoms with Crippen molar-refractivity contribution in [1.82, 2.24) is 19.4 Å². The molecule has 1 aliphatic heterocycles. The Balaban J connectivity index is 2.16. The van der Waals surface area contributed by atoms with E-state index in [-0.39, 0.29) is 0 Å². The smallest absolute Gasteiger partial charge is 0.222 e. The van der Waals surface area contributed by atoms with E-state index in [4.69, 9.17) is 10.5 Å². The molecule has 3 rings (SSSR count). The minimum atomic E-state index is 0.512. The van der Waals surface area contributed by atoms with Gasteiger partial charge in [0.2, 0.25) is 5.95 Å². The predicted octanol–water partition coefficient (Wildman–Crippen LogP) is -0.371. The Morgan fingerprint density at radius 3 is 2.71 bits per heavy atom. The van der Waals surface area contributed by atoms with Crippen LogP contribution in [0.15, 0.2) is 0 Å². The van der Waals surface area contributed by atoms with Gasteiger partial charge in [0, 0.05) is 7.05 Å². The second-order valence-electron chi connectivity index (χ2n) is 4.23. The predicted molar refractivity (Wildman–Crippen MR) is 64.4 cm³/mol. The van der Waals surface area contributed by atoms with E-state index in [0.29, 0.717) is 5.95 Å². The van der Waals surface area contributed by atoms with Crippen LogP contribution in [-0.2, 0) is 11.8 Å². The third kappa shape index (κ3) is 1.46. The summed E-state index contributed by atoms with van der Waals surface area (Å²) in [6.07, 6.45) is 0. The first-order valence-electron chi connectivity index (χ1n) is 5.69. The Labute approximate surface area is 98.7 Å². The maximum absolute atomic E-state index is 5.99. The minimum Gasteiger partial charge on any atom is -0.378 e. The van der Waals surface area contributed by atoms with Gasteiger partial charge in [0.25, 0.3) is 0 Å². The molecular formula is C10H16N6O. The molecule has 0 spiro atoms. The standard InChI is InChI=1S/C10H16N6O/c1-7-8-9(14(2)13-7)16(10(11)12-8)15-3-5-17-6-4-15/h3-6H2,1-2H3,(H2,11,12). The fourth-order valence-corrected chi connectivity index (χ4v) is 2.31. The summed E-state index contributed by atoms with van der Waals surface area (Å²) in [6.45, 7) is 5.02. The topological polar surface area (TPSA) is 74.1 Å². The molecule has 0 bridgehead atoms. The third-order valence-corrected chi connectivity index (χ3v) is 3.08. The van der Waals surface area contributed by atoms with Gasteiger partial charge < -0.3 is 15.5 Å². The number of hydrogen-bond donors (Lipinski definition) is 1. The number of aryl methyl sites for hydroxylation is 2. The van der Waals surface area contributed by atoms with Crippen LogP contribution in [0.3, 0.4) is 0 Å². The quantitative estimate of drug-likeness (QED) is 0.731. The molecule has 3 heterocycles. The van der Waals surface area contributed by atoms with Crippen molar-refractivity contribution in [3.8, 4) is 0 Å². The molecular weight excluding hydrogens is 220 g/mol. The molecule has 0 unspecified atom stereocenters. The highest BCUT2D eigenvalue weighted by Gasteiger charge is 2.21. The van der Waals surface area contributed by atoms with Gasteiger partial charge in [0.15, 0.2) is 5.65 Å². The summed E-state index contributed by atoms with van der Waals surface area (Å²) in [7, 11) is 1.91. The Kier molecular flexibility index (Phi) is 2.22. The van der Waals surface area contributed by atoms with Crippen LogP contribution in [-0.4, -0.2) is 45.7 Å². The number of nitrogens with two attached hydrogens (primary N) is 1. The molecule has 1 fully saturated rings. The van der Waals surface area contributed by atoms with Crippen molar-refractivity contribution in [2.45, 2.75) is 6.92 Å². The van der Waals surface area contributed by atoms with Crippen LogP contribution in [0, 0.1) is 6.92 Å². The van der Waals surface area contributed by atoms with Crippen molar-refractivity contribution in [3.05, 3.63) is 5.69 Å². The number of nitrogen functional groups attached to an aromatic ring is 1. The SMILES string of the molecule is Cc1nn(C)c2c1nc(N)n2N1CCOCC1. The number of anilines is 1. The van der Waals surface area contributed by atoms with Crippen LogP contribution < -0.4 is 10.7 Å². The van der Waals surface area contributed by atoms with Gasteiger partial charge in [0.05, 0.1) is 32.0 Å². The van der Waals surface area contributed by atoms with Crippen molar-refractivity contribution >= 4 is 17.1 Å². The lowest BCUT2D eigenvalue weighted by Gasteiger charge is -2.30. The van der Waals surface area contributed by atoms with Gasteiger partial charge >= 0.3 is 0 Å². The summed E-state index contributed by atoms with van der Waals surface area (Å²) >= 11 is 0. The zero-order chi connectivity index (χ0) is 12.0. The molecule has 2 aromatic rings. The van der Waals surface area contributed by atoms with E-state index in [1.807, 2.05) is 23.3 Å². The minimum absolute atomic E-state index is 0.512. The number of ether oxygens (including phenoxy) is 1. The van der Waals surface area contributed by atoms with Gasteiger partial charge in [0.1, 0.15) is 5.52 Å². The Morgan fingerprint density at radius 1 is 1.29 bits per heavy atom. The van der Waals surface area contributed by atoms with Gasteiger partial charge in [-0.2, -0.15) is 5.10 Å². The van der Waals surface area contributed by atoms with Gasteiger partial charge in [-0.15, -0.1) is 0 Å². The molecule has 92 valence electrons. The van der Waals surface area contributed by atoms with Crippen LogP contribution in [0.1, 0.15) is 5.69 Å². The van der Waals surface area contributed by atoms with Gasteiger partial charge in [-0.3, -0.25) is 0 Å². The largest absolute Gasteiger partial charge is 0.378 e. The lowest BCUT2D eigenvalue weighted by Crippen LogP contribution is -2.44. The van der Waals surface area contributed by atoms with E-state index in [9.17, 15) is 0 Å². The maximum atomic E-state index is 5.99. The second-order valence-corrected chi connectivity index (χ2v) is 4.23. The highest BCUT2D eigenvalue weighted by molar-refractivity contribution is 5.77. The number of aromatic nitrogens is 4. The molecule has 7 heteroatoms. The lowest BCUT2D eigenvalue weighted by atomic mass is 10.4. The van der Waals surface area contributed by atoms with Gasteiger partial charge in [-0.05, 0) is 6.92 Å². The normalized spacial score (nSPS) is 16.9. The lowest BCUT2D eigenvalue weighted by molar-refractivity contribution is 0.112. The first-order chi connectivity index (χ1) is 8.18. The van der Waals surface area contributed by atoms with E-state index in [2.05, 4.69) is 15.1 Å². The second kappa shape index (κ2) is 3.63. The molecule has 2 N–H and O–H groups in total. The highest BCUT2D eigenvalue weighted by atomic mass is 16.5. The average Bonchev–Trinajstić information content (AvgIpc) is 2.79. The van der Waals surface area contributed by atoms with E-state index < -0.39 is 0 Å². The Morgan fingerprint density at radius 2 is 2.00 bits per heavy atom. The third-order valence-electron chi connectivity index (χ3n) is 3.08. The van der Waals surface area contributed by atoms with Crippen molar-refractivity contribution in [2.24, 2.45) is 7.05 Å². The van der Waals surface area contributed by atoms with E-state index in [1.165, 1.54) is 0 Å². The van der Waals surface area contributed by atoms with Crippen molar-refractivity contribution < 1.29 is 4.74 Å². The van der Waals surface area contributed by atoms with E-state index >= 15 is 0 Å². The summed E-state index contributed by atoms with van der Waals surface area (Å²) in [5.41, 5.74) is 8.72. The van der Waals surface area contributed by atoms with Crippen molar-refractivity contribution in [3.63, 3.8) is 0 Å². The summed E-state index contributed by atoms with van der Waals surface area (Å²) in [5, 5.41) is 6.51. The number of rotatable bonds is 1. The van der Waals surface area contributed by atoms with Gasteiger partial charge in [-0.25, -0.2) is 14.3 Å². The molecule has 17 heavy (non-hydrogen) atoms. The zero-order valence-electron chi connectivity index (χ0n) is 10.1. The molecule has 0 atom stereocenters. The van der Waals surface area contributed by atoms with Gasteiger partial charge in [-0.1, -0.05) is 0 Å². The van der Waals surface area contributed by atoms with Crippen molar-refractivity contribution in [2.75, 3.05) is 37.0 Å². The Bertz CT molecular complexity index is 551. The number of fused-ring (bicyclic) bond motifs is 1. The van der Waals surface area contributed by atoms with Crippen LogP contribution in [0.4, 0.5) is 5.95 Å². The molecule has 0 amide bonds. The van der Waals surface area contributed by atoms with Crippen LogP contribution >= 0.6 is 0 Å². The summed E-state index contributed by atoms with van der Waals surface area (Å²) in [5.74, 6) is 0.512. The maximum Gasteiger partial charge on any atom is 0.222 e. The molecule has 2 aromatic heterocycles. The summed E-state index contributed by atoms with van der Waals surface area (Å²) in [4.78, 5) is 4.38. The van der Waals surface area contributed by atoms with Crippen molar-refractivity contribution in [1.29, 1.82) is 0 Å². The number of morpholine rings is 1. The number of imidazole rings is 1. The molecule has 1 aliphatic rings.